The minimum absolute atomic E-state index is 0.332. The number of para-hydroxylation sites is 1. The molecule has 1 heterocycles. The molecule has 0 saturated heterocycles. The van der Waals surface area contributed by atoms with Crippen molar-refractivity contribution in [1.82, 2.24) is 4.57 Å². The van der Waals surface area contributed by atoms with Crippen LogP contribution in [0.4, 0.5) is 0 Å². The van der Waals surface area contributed by atoms with Crippen molar-refractivity contribution < 1.29 is 9.90 Å². The molecule has 1 N–H and O–H groups in total. The van der Waals surface area contributed by atoms with Crippen LogP contribution in [0, 0.1) is 0 Å². The van der Waals surface area contributed by atoms with Crippen molar-refractivity contribution in [2.45, 2.75) is 13.5 Å². The molecule has 0 aliphatic heterocycles. The van der Waals surface area contributed by atoms with Crippen LogP contribution in [0.2, 0.25) is 5.02 Å². The Kier molecular flexibility index (Phi) is 3.20. The fourth-order valence-corrected chi connectivity index (χ4v) is 1.95. The molecule has 0 aliphatic rings. The Bertz CT molecular complexity index is 598. The van der Waals surface area contributed by atoms with Crippen LogP contribution in [0.5, 0.6) is 0 Å². The first-order chi connectivity index (χ1) is 8.09. The van der Waals surface area contributed by atoms with E-state index in [-0.39, 0.29) is 0 Å². The summed E-state index contributed by atoms with van der Waals surface area (Å²) >= 11 is 6.10. The van der Waals surface area contributed by atoms with E-state index in [1.54, 1.807) is 13.0 Å². The third-order valence-corrected chi connectivity index (χ3v) is 2.97. The minimum atomic E-state index is -0.896. The molecule has 0 saturated carbocycles. The topological polar surface area (TPSA) is 42.2 Å². The van der Waals surface area contributed by atoms with Gasteiger partial charge in [0.25, 0.3) is 0 Å². The molecule has 0 fully saturated rings. The SMILES string of the molecule is CC(=CCn1cc(Cl)c2ccccc21)C(=O)O. The van der Waals surface area contributed by atoms with E-state index in [1.165, 1.54) is 0 Å². The first-order valence-corrected chi connectivity index (χ1v) is 5.61. The van der Waals surface area contributed by atoms with Gasteiger partial charge in [-0.05, 0) is 13.0 Å². The second-order valence-corrected chi connectivity index (χ2v) is 4.25. The predicted octanol–water partition coefficient (Wildman–Crippen LogP) is 3.33. The lowest BCUT2D eigenvalue weighted by atomic mass is 10.2. The van der Waals surface area contributed by atoms with Crippen LogP contribution in [0.1, 0.15) is 6.92 Å². The molecule has 3 nitrogen and oxygen atoms in total. The first-order valence-electron chi connectivity index (χ1n) is 5.23. The molecular formula is C13H12ClNO2. The monoisotopic (exact) mass is 249 g/mol. The first kappa shape index (κ1) is 11.7. The summed E-state index contributed by atoms with van der Waals surface area (Å²) < 4.78 is 1.93. The van der Waals surface area contributed by atoms with Crippen molar-refractivity contribution in [3.63, 3.8) is 0 Å². The molecule has 1 aromatic heterocycles. The van der Waals surface area contributed by atoms with Gasteiger partial charge in [0.2, 0.25) is 0 Å². The Hall–Kier alpha value is -1.74. The van der Waals surface area contributed by atoms with Crippen molar-refractivity contribution in [1.29, 1.82) is 0 Å². The number of carboxylic acid groups (broad SMARTS) is 1. The molecule has 0 aliphatic carbocycles. The van der Waals surface area contributed by atoms with E-state index in [0.29, 0.717) is 17.1 Å². The molecule has 0 spiro atoms. The van der Waals surface area contributed by atoms with Gasteiger partial charge in [-0.1, -0.05) is 35.9 Å². The number of allylic oxidation sites excluding steroid dienone is 1. The van der Waals surface area contributed by atoms with Crippen molar-refractivity contribution in [3.05, 3.63) is 47.1 Å². The molecule has 0 unspecified atom stereocenters. The van der Waals surface area contributed by atoms with Gasteiger partial charge in [0.1, 0.15) is 0 Å². The highest BCUT2D eigenvalue weighted by Gasteiger charge is 2.05. The number of hydrogen-bond acceptors (Lipinski definition) is 1. The molecule has 88 valence electrons. The number of halogens is 1. The lowest BCUT2D eigenvalue weighted by molar-refractivity contribution is -0.132. The lowest BCUT2D eigenvalue weighted by Gasteiger charge is -2.01. The number of benzene rings is 1. The fourth-order valence-electron chi connectivity index (χ4n) is 1.68. The van der Waals surface area contributed by atoms with Gasteiger partial charge >= 0.3 is 5.97 Å². The van der Waals surface area contributed by atoms with Crippen molar-refractivity contribution in [2.24, 2.45) is 0 Å². The van der Waals surface area contributed by atoms with Gasteiger partial charge in [-0.25, -0.2) is 4.79 Å². The lowest BCUT2D eigenvalue weighted by Crippen LogP contribution is -1.99. The number of aromatic nitrogens is 1. The van der Waals surface area contributed by atoms with E-state index >= 15 is 0 Å². The number of fused-ring (bicyclic) bond motifs is 1. The van der Waals surface area contributed by atoms with E-state index in [1.807, 2.05) is 35.0 Å². The van der Waals surface area contributed by atoms with Crippen molar-refractivity contribution in [3.8, 4) is 0 Å². The maximum absolute atomic E-state index is 10.7. The summed E-state index contributed by atoms with van der Waals surface area (Å²) in [5, 5.41) is 10.4. The molecule has 1 aromatic carbocycles. The highest BCUT2D eigenvalue weighted by molar-refractivity contribution is 6.35. The van der Waals surface area contributed by atoms with Gasteiger partial charge in [0, 0.05) is 29.2 Å². The summed E-state index contributed by atoms with van der Waals surface area (Å²) in [6, 6.07) is 7.77. The zero-order valence-corrected chi connectivity index (χ0v) is 10.1. The van der Waals surface area contributed by atoms with Gasteiger partial charge in [-0.3, -0.25) is 0 Å². The highest BCUT2D eigenvalue weighted by atomic mass is 35.5. The van der Waals surface area contributed by atoms with Crippen LogP contribution >= 0.6 is 11.6 Å². The standard InChI is InChI=1S/C13H12ClNO2/c1-9(13(16)17)6-7-15-8-11(14)10-4-2-3-5-12(10)15/h2-6,8H,7H2,1H3,(H,16,17). The second-order valence-electron chi connectivity index (χ2n) is 3.84. The van der Waals surface area contributed by atoms with Gasteiger partial charge < -0.3 is 9.67 Å². The minimum Gasteiger partial charge on any atom is -0.478 e. The zero-order chi connectivity index (χ0) is 12.4. The van der Waals surface area contributed by atoms with E-state index < -0.39 is 5.97 Å². The summed E-state index contributed by atoms with van der Waals surface area (Å²) in [4.78, 5) is 10.7. The summed E-state index contributed by atoms with van der Waals surface area (Å²) in [5.74, 6) is -0.896. The van der Waals surface area contributed by atoms with Crippen LogP contribution in [-0.2, 0) is 11.3 Å². The third-order valence-electron chi connectivity index (χ3n) is 2.67. The number of hydrogen-bond donors (Lipinski definition) is 1. The molecule has 17 heavy (non-hydrogen) atoms. The average Bonchev–Trinajstić information content (AvgIpc) is 2.64. The summed E-state index contributed by atoms with van der Waals surface area (Å²) in [6.07, 6.45) is 3.49. The molecule has 0 radical (unpaired) electrons. The Labute approximate surface area is 104 Å². The Morgan fingerprint density at radius 3 is 2.88 bits per heavy atom. The normalized spacial score (nSPS) is 12.0. The fraction of sp³-hybridized carbons (Fsp3) is 0.154. The quantitative estimate of drug-likeness (QED) is 0.848. The molecule has 0 amide bonds. The van der Waals surface area contributed by atoms with E-state index in [9.17, 15) is 4.79 Å². The molecule has 4 heteroatoms. The van der Waals surface area contributed by atoms with Gasteiger partial charge in [0.15, 0.2) is 0 Å². The largest absolute Gasteiger partial charge is 0.478 e. The van der Waals surface area contributed by atoms with Crippen molar-refractivity contribution in [2.75, 3.05) is 0 Å². The van der Waals surface area contributed by atoms with Crippen LogP contribution in [0.3, 0.4) is 0 Å². The number of carboxylic acids is 1. The number of carbonyl (C=O) groups is 1. The van der Waals surface area contributed by atoms with Gasteiger partial charge in [0.05, 0.1) is 5.02 Å². The molecular weight excluding hydrogens is 238 g/mol. The number of aliphatic carboxylic acids is 1. The summed E-state index contributed by atoms with van der Waals surface area (Å²) in [6.45, 7) is 2.08. The van der Waals surface area contributed by atoms with E-state index in [4.69, 9.17) is 16.7 Å². The predicted molar refractivity (Wildman–Crippen MR) is 68.3 cm³/mol. The smallest absolute Gasteiger partial charge is 0.331 e. The zero-order valence-electron chi connectivity index (χ0n) is 9.35. The van der Waals surface area contributed by atoms with Gasteiger partial charge in [-0.15, -0.1) is 0 Å². The van der Waals surface area contributed by atoms with Crippen LogP contribution in [-0.4, -0.2) is 15.6 Å². The maximum atomic E-state index is 10.7. The summed E-state index contributed by atoms with van der Waals surface area (Å²) in [5.41, 5.74) is 1.34. The van der Waals surface area contributed by atoms with Gasteiger partial charge in [-0.2, -0.15) is 0 Å². The molecule has 2 rings (SSSR count). The Morgan fingerprint density at radius 1 is 1.47 bits per heavy atom. The highest BCUT2D eigenvalue weighted by Crippen LogP contribution is 2.25. The van der Waals surface area contributed by atoms with Crippen LogP contribution in [0.15, 0.2) is 42.1 Å². The summed E-state index contributed by atoms with van der Waals surface area (Å²) in [7, 11) is 0. The number of nitrogens with zero attached hydrogens (tertiary/aromatic N) is 1. The molecule has 2 aromatic rings. The van der Waals surface area contributed by atoms with E-state index in [2.05, 4.69) is 0 Å². The number of rotatable bonds is 3. The molecule has 0 atom stereocenters. The Morgan fingerprint density at radius 2 is 2.18 bits per heavy atom. The average molecular weight is 250 g/mol. The Balaban J connectivity index is 2.37. The van der Waals surface area contributed by atoms with Crippen LogP contribution in [0.25, 0.3) is 10.9 Å². The third kappa shape index (κ3) is 2.34. The van der Waals surface area contributed by atoms with Crippen LogP contribution < -0.4 is 0 Å². The van der Waals surface area contributed by atoms with Crippen molar-refractivity contribution >= 4 is 28.5 Å². The maximum Gasteiger partial charge on any atom is 0.331 e. The van der Waals surface area contributed by atoms with E-state index in [0.717, 1.165) is 10.9 Å². The molecule has 0 bridgehead atoms. The second kappa shape index (κ2) is 4.63.